The minimum atomic E-state index is 0.103. The van der Waals surface area contributed by atoms with Crippen LogP contribution in [0.15, 0.2) is 12.4 Å². The number of aryl methyl sites for hydroxylation is 1. The molecule has 1 atom stereocenters. The predicted octanol–water partition coefficient (Wildman–Crippen LogP) is 3.27. The molecule has 0 aromatic carbocycles. The first kappa shape index (κ1) is 13.6. The Balaban J connectivity index is 1.96. The highest BCUT2D eigenvalue weighted by Crippen LogP contribution is 2.42. The zero-order valence-electron chi connectivity index (χ0n) is 12.2. The van der Waals surface area contributed by atoms with Crippen LogP contribution in [0.5, 0.6) is 0 Å². The normalized spacial score (nSPS) is 27.2. The summed E-state index contributed by atoms with van der Waals surface area (Å²) in [4.78, 5) is 4.40. The number of aromatic nitrogens is 2. The number of hydrogen-bond donors (Lipinski definition) is 1. The molecule has 0 amide bonds. The van der Waals surface area contributed by atoms with E-state index in [2.05, 4.69) is 30.3 Å². The van der Waals surface area contributed by atoms with E-state index in [1.807, 2.05) is 19.4 Å². The van der Waals surface area contributed by atoms with Crippen molar-refractivity contribution < 1.29 is 0 Å². The second-order valence-electron chi connectivity index (χ2n) is 6.90. The molecule has 1 heterocycles. The summed E-state index contributed by atoms with van der Waals surface area (Å²) in [5.41, 5.74) is 6.83. The molecule has 2 rings (SSSR count). The summed E-state index contributed by atoms with van der Waals surface area (Å²) in [6, 6.07) is 0.103. The van der Waals surface area contributed by atoms with Crippen LogP contribution in [0.1, 0.15) is 58.3 Å². The molecule has 0 aliphatic heterocycles. The fourth-order valence-corrected chi connectivity index (χ4v) is 3.25. The van der Waals surface area contributed by atoms with Gasteiger partial charge in [-0.3, -0.25) is 0 Å². The lowest BCUT2D eigenvalue weighted by Gasteiger charge is -2.38. The third kappa shape index (κ3) is 2.77. The second kappa shape index (κ2) is 5.04. The number of nitrogens with two attached hydrogens (primary N) is 1. The molecule has 1 aromatic rings. The molecule has 1 fully saturated rings. The molecule has 3 heteroatoms. The highest BCUT2D eigenvalue weighted by Gasteiger charge is 2.33. The van der Waals surface area contributed by atoms with Crippen molar-refractivity contribution in [3.8, 4) is 0 Å². The van der Waals surface area contributed by atoms with Gasteiger partial charge in [0, 0.05) is 19.4 Å². The van der Waals surface area contributed by atoms with Gasteiger partial charge in [0.25, 0.3) is 0 Å². The first-order chi connectivity index (χ1) is 8.39. The van der Waals surface area contributed by atoms with Gasteiger partial charge in [-0.2, -0.15) is 0 Å². The van der Waals surface area contributed by atoms with Gasteiger partial charge < -0.3 is 10.3 Å². The molecule has 18 heavy (non-hydrogen) atoms. The lowest BCUT2D eigenvalue weighted by molar-refractivity contribution is 0.138. The SMILES string of the molecule is Cn1ccnc1C(N)C1CCC(C(C)(C)C)CC1. The first-order valence-electron chi connectivity index (χ1n) is 7.12. The molecule has 1 unspecified atom stereocenters. The largest absolute Gasteiger partial charge is 0.337 e. The maximum Gasteiger partial charge on any atom is 0.125 e. The van der Waals surface area contributed by atoms with Gasteiger partial charge in [0.15, 0.2) is 0 Å². The summed E-state index contributed by atoms with van der Waals surface area (Å²) in [5.74, 6) is 2.49. The predicted molar refractivity (Wildman–Crippen MR) is 75.0 cm³/mol. The standard InChI is InChI=1S/C15H27N3/c1-15(2,3)12-7-5-11(6-8-12)13(16)14-17-9-10-18(14)4/h9-13H,5-8,16H2,1-4H3. The average molecular weight is 249 g/mol. The van der Waals surface area contributed by atoms with Gasteiger partial charge in [-0.15, -0.1) is 0 Å². The zero-order valence-corrected chi connectivity index (χ0v) is 12.2. The van der Waals surface area contributed by atoms with E-state index in [-0.39, 0.29) is 6.04 Å². The minimum Gasteiger partial charge on any atom is -0.337 e. The van der Waals surface area contributed by atoms with Crippen LogP contribution in [0.25, 0.3) is 0 Å². The Morgan fingerprint density at radius 3 is 2.33 bits per heavy atom. The summed E-state index contributed by atoms with van der Waals surface area (Å²) >= 11 is 0. The van der Waals surface area contributed by atoms with E-state index in [0.29, 0.717) is 11.3 Å². The fraction of sp³-hybridized carbons (Fsp3) is 0.800. The Labute approximate surface area is 111 Å². The molecular formula is C15H27N3. The molecule has 2 N–H and O–H groups in total. The van der Waals surface area contributed by atoms with Crippen molar-refractivity contribution in [2.75, 3.05) is 0 Å². The minimum absolute atomic E-state index is 0.103. The molecule has 1 aliphatic carbocycles. The third-order valence-electron chi connectivity index (χ3n) is 4.66. The molecule has 1 aliphatic rings. The Hall–Kier alpha value is -0.830. The molecule has 3 nitrogen and oxygen atoms in total. The van der Waals surface area contributed by atoms with Crippen LogP contribution in [0.4, 0.5) is 0 Å². The van der Waals surface area contributed by atoms with Crippen molar-refractivity contribution in [3.05, 3.63) is 18.2 Å². The molecule has 0 spiro atoms. The van der Waals surface area contributed by atoms with Crippen molar-refractivity contribution in [1.29, 1.82) is 0 Å². The van der Waals surface area contributed by atoms with Crippen LogP contribution >= 0.6 is 0 Å². The van der Waals surface area contributed by atoms with E-state index in [1.54, 1.807) is 0 Å². The summed E-state index contributed by atoms with van der Waals surface area (Å²) < 4.78 is 2.06. The van der Waals surface area contributed by atoms with Gasteiger partial charge in [0.05, 0.1) is 6.04 Å². The molecular weight excluding hydrogens is 222 g/mol. The van der Waals surface area contributed by atoms with Crippen LogP contribution in [-0.2, 0) is 7.05 Å². The van der Waals surface area contributed by atoms with Gasteiger partial charge >= 0.3 is 0 Å². The summed E-state index contributed by atoms with van der Waals surface area (Å²) in [7, 11) is 2.03. The van der Waals surface area contributed by atoms with Gasteiger partial charge in [-0.1, -0.05) is 20.8 Å². The Kier molecular flexibility index (Phi) is 3.81. The van der Waals surface area contributed by atoms with Crippen LogP contribution in [0, 0.1) is 17.3 Å². The Morgan fingerprint density at radius 2 is 1.89 bits per heavy atom. The lowest BCUT2D eigenvalue weighted by Crippen LogP contribution is -2.31. The van der Waals surface area contributed by atoms with Crippen molar-refractivity contribution in [2.24, 2.45) is 30.0 Å². The zero-order chi connectivity index (χ0) is 13.3. The van der Waals surface area contributed by atoms with Crippen molar-refractivity contribution >= 4 is 0 Å². The summed E-state index contributed by atoms with van der Waals surface area (Å²) in [5, 5.41) is 0. The maximum atomic E-state index is 6.39. The van der Waals surface area contributed by atoms with Crippen molar-refractivity contribution in [1.82, 2.24) is 9.55 Å². The van der Waals surface area contributed by atoms with E-state index in [0.717, 1.165) is 11.7 Å². The number of rotatable bonds is 2. The van der Waals surface area contributed by atoms with Gasteiger partial charge in [-0.05, 0) is 42.9 Å². The highest BCUT2D eigenvalue weighted by atomic mass is 15.1. The summed E-state index contributed by atoms with van der Waals surface area (Å²) in [6.07, 6.45) is 8.94. The van der Waals surface area contributed by atoms with Crippen LogP contribution in [0.2, 0.25) is 0 Å². The van der Waals surface area contributed by atoms with Crippen LogP contribution in [-0.4, -0.2) is 9.55 Å². The first-order valence-corrected chi connectivity index (χ1v) is 7.12. The topological polar surface area (TPSA) is 43.8 Å². The van der Waals surface area contributed by atoms with Crippen LogP contribution in [0.3, 0.4) is 0 Å². The molecule has 0 saturated heterocycles. The van der Waals surface area contributed by atoms with E-state index in [4.69, 9.17) is 5.73 Å². The molecule has 0 bridgehead atoms. The highest BCUT2D eigenvalue weighted by molar-refractivity contribution is 5.01. The molecule has 1 aromatic heterocycles. The number of nitrogens with zero attached hydrogens (tertiary/aromatic N) is 2. The quantitative estimate of drug-likeness (QED) is 0.874. The molecule has 1 saturated carbocycles. The van der Waals surface area contributed by atoms with E-state index >= 15 is 0 Å². The summed E-state index contributed by atoms with van der Waals surface area (Å²) in [6.45, 7) is 7.07. The second-order valence-corrected chi connectivity index (χ2v) is 6.90. The van der Waals surface area contributed by atoms with Gasteiger partial charge in [0.1, 0.15) is 5.82 Å². The fourth-order valence-electron chi connectivity index (χ4n) is 3.25. The molecule has 0 radical (unpaired) electrons. The maximum absolute atomic E-state index is 6.39. The number of imidazole rings is 1. The van der Waals surface area contributed by atoms with E-state index in [1.165, 1.54) is 25.7 Å². The Morgan fingerprint density at radius 1 is 1.28 bits per heavy atom. The lowest BCUT2D eigenvalue weighted by atomic mass is 9.68. The monoisotopic (exact) mass is 249 g/mol. The van der Waals surface area contributed by atoms with Gasteiger partial charge in [-0.25, -0.2) is 4.98 Å². The van der Waals surface area contributed by atoms with E-state index < -0.39 is 0 Å². The third-order valence-corrected chi connectivity index (χ3v) is 4.66. The van der Waals surface area contributed by atoms with Gasteiger partial charge in [0.2, 0.25) is 0 Å². The number of hydrogen-bond acceptors (Lipinski definition) is 2. The van der Waals surface area contributed by atoms with Crippen molar-refractivity contribution in [2.45, 2.75) is 52.5 Å². The van der Waals surface area contributed by atoms with Crippen LogP contribution < -0.4 is 5.73 Å². The average Bonchev–Trinajstić information content (AvgIpc) is 2.73. The molecule has 102 valence electrons. The van der Waals surface area contributed by atoms with E-state index in [9.17, 15) is 0 Å². The smallest absolute Gasteiger partial charge is 0.125 e. The van der Waals surface area contributed by atoms with Crippen molar-refractivity contribution in [3.63, 3.8) is 0 Å². The Bertz CT molecular complexity index is 381.